The predicted molar refractivity (Wildman–Crippen MR) is 98.8 cm³/mol. The van der Waals surface area contributed by atoms with Crippen LogP contribution < -0.4 is 5.73 Å². The molecule has 0 radical (unpaired) electrons. The Morgan fingerprint density at radius 3 is 1.68 bits per heavy atom. The molecule has 0 bridgehead atoms. The van der Waals surface area contributed by atoms with Crippen LogP contribution in [0.5, 0.6) is 0 Å². The molecule has 1 heterocycles. The van der Waals surface area contributed by atoms with E-state index in [1.807, 2.05) is 60.3 Å². The summed E-state index contributed by atoms with van der Waals surface area (Å²) in [4.78, 5) is 1.88. The van der Waals surface area contributed by atoms with Crippen LogP contribution in [-0.2, 0) is 0 Å². The first-order chi connectivity index (χ1) is 10.5. The second-order valence-corrected chi connectivity index (χ2v) is 4.10. The Morgan fingerprint density at radius 2 is 1.41 bits per heavy atom. The molecule has 1 rings (SSSR count). The molecule has 4 heteroatoms. The lowest BCUT2D eigenvalue weighted by Gasteiger charge is -2.40. The molecule has 0 aromatic carbocycles. The Morgan fingerprint density at radius 1 is 1.05 bits per heavy atom. The number of halogens is 2. The molecule has 1 atom stereocenters. The van der Waals surface area contributed by atoms with Gasteiger partial charge >= 0.3 is 0 Å². The quantitative estimate of drug-likeness (QED) is 0.672. The highest BCUT2D eigenvalue weighted by molar-refractivity contribution is 4.91. The van der Waals surface area contributed by atoms with Gasteiger partial charge in [0, 0.05) is 12.6 Å². The van der Waals surface area contributed by atoms with Gasteiger partial charge in [-0.05, 0) is 19.3 Å². The summed E-state index contributed by atoms with van der Waals surface area (Å²) in [5, 5.41) is 0. The van der Waals surface area contributed by atoms with Crippen molar-refractivity contribution in [2.24, 2.45) is 5.73 Å². The van der Waals surface area contributed by atoms with Gasteiger partial charge in [0.25, 0.3) is 5.92 Å². The molecule has 2 nitrogen and oxygen atoms in total. The third-order valence-electron chi connectivity index (χ3n) is 3.14. The lowest BCUT2D eigenvalue weighted by atomic mass is 9.98. The largest absolute Gasteiger partial charge is 0.323 e. The number of hydrogen-bond acceptors (Lipinski definition) is 2. The smallest absolute Gasteiger partial charge is 0.275 e. The van der Waals surface area contributed by atoms with Gasteiger partial charge in [-0.1, -0.05) is 55.4 Å². The standard InChI is InChI=1S/C10H20F2N2.3C2H6.C2H4/c1-3-8(4-2)14-6-5-9(13)10(11,12)7-14;4*1-2/h8-9H,3-7,13H2,1-2H3;3*1-2H3;1-2H2. The van der Waals surface area contributed by atoms with Gasteiger partial charge in [-0.15, -0.1) is 13.2 Å². The van der Waals surface area contributed by atoms with Crippen LogP contribution in [0, 0.1) is 0 Å². The molecule has 0 aliphatic carbocycles. The van der Waals surface area contributed by atoms with Crippen molar-refractivity contribution in [3.63, 3.8) is 0 Å². The maximum absolute atomic E-state index is 13.3. The highest BCUT2D eigenvalue weighted by atomic mass is 19.3. The van der Waals surface area contributed by atoms with Crippen molar-refractivity contribution in [1.29, 1.82) is 0 Å². The zero-order valence-corrected chi connectivity index (χ0v) is 16.4. The van der Waals surface area contributed by atoms with Crippen molar-refractivity contribution in [2.75, 3.05) is 13.1 Å². The van der Waals surface area contributed by atoms with Crippen molar-refractivity contribution >= 4 is 0 Å². The Bertz CT molecular complexity index is 196. The Labute approximate surface area is 139 Å². The van der Waals surface area contributed by atoms with Crippen molar-refractivity contribution in [2.45, 2.75) is 92.7 Å². The first-order valence-electron chi connectivity index (χ1n) is 8.88. The predicted octanol–water partition coefficient (Wildman–Crippen LogP) is 5.72. The maximum atomic E-state index is 13.3. The molecule has 0 aromatic rings. The van der Waals surface area contributed by atoms with E-state index < -0.39 is 12.0 Å². The van der Waals surface area contributed by atoms with Crippen molar-refractivity contribution in [1.82, 2.24) is 4.90 Å². The van der Waals surface area contributed by atoms with Gasteiger partial charge < -0.3 is 5.73 Å². The third-order valence-corrected chi connectivity index (χ3v) is 3.14. The van der Waals surface area contributed by atoms with E-state index >= 15 is 0 Å². The fraction of sp³-hybridized carbons (Fsp3) is 0.889. The minimum atomic E-state index is -2.71. The molecular weight excluding hydrogens is 282 g/mol. The minimum absolute atomic E-state index is 0.166. The summed E-state index contributed by atoms with van der Waals surface area (Å²) in [5.74, 6) is -2.71. The van der Waals surface area contributed by atoms with Crippen LogP contribution in [-0.4, -0.2) is 36.0 Å². The van der Waals surface area contributed by atoms with Crippen molar-refractivity contribution in [3.8, 4) is 0 Å². The van der Waals surface area contributed by atoms with Crippen LogP contribution in [0.3, 0.4) is 0 Å². The van der Waals surface area contributed by atoms with Gasteiger partial charge in [0.15, 0.2) is 0 Å². The summed E-state index contributed by atoms with van der Waals surface area (Å²) >= 11 is 0. The summed E-state index contributed by atoms with van der Waals surface area (Å²) in [7, 11) is 0. The van der Waals surface area contributed by atoms with Crippen LogP contribution in [0.1, 0.15) is 74.7 Å². The number of nitrogens with two attached hydrogens (primary N) is 1. The SMILES string of the molecule is C=C.CC.CC.CC.CCC(CC)N1CCC(N)C(F)(F)C1. The summed E-state index contributed by atoms with van der Waals surface area (Å²) in [6, 6.07) is -0.665. The van der Waals surface area contributed by atoms with Gasteiger partial charge in [-0.25, -0.2) is 8.78 Å². The van der Waals surface area contributed by atoms with E-state index in [1.165, 1.54) is 0 Å². The van der Waals surface area contributed by atoms with Crippen molar-refractivity contribution in [3.05, 3.63) is 13.2 Å². The molecule has 0 saturated carbocycles. The Kier molecular flexibility index (Phi) is 27.5. The minimum Gasteiger partial charge on any atom is -0.323 e. The Balaban J connectivity index is -0.000000175. The average molecular weight is 325 g/mol. The molecule has 1 aliphatic heterocycles. The van der Waals surface area contributed by atoms with Gasteiger partial charge in [-0.2, -0.15) is 0 Å². The molecule has 22 heavy (non-hydrogen) atoms. The topological polar surface area (TPSA) is 29.3 Å². The average Bonchev–Trinajstić information content (AvgIpc) is 2.59. The van der Waals surface area contributed by atoms with Crippen LogP contribution in [0.25, 0.3) is 0 Å². The molecule has 1 aliphatic rings. The van der Waals surface area contributed by atoms with E-state index in [-0.39, 0.29) is 12.6 Å². The van der Waals surface area contributed by atoms with Crippen LogP contribution >= 0.6 is 0 Å². The normalized spacial score (nSPS) is 19.0. The van der Waals surface area contributed by atoms with Gasteiger partial charge in [0.2, 0.25) is 0 Å². The van der Waals surface area contributed by atoms with Crippen LogP contribution in [0.15, 0.2) is 13.2 Å². The van der Waals surface area contributed by atoms with E-state index in [0.29, 0.717) is 13.0 Å². The van der Waals surface area contributed by atoms with E-state index in [2.05, 4.69) is 13.2 Å². The molecule has 0 spiro atoms. The van der Waals surface area contributed by atoms with E-state index in [0.717, 1.165) is 12.8 Å². The molecule has 0 aromatic heterocycles. The molecular formula is C18H42F2N2. The highest BCUT2D eigenvalue weighted by Crippen LogP contribution is 2.28. The van der Waals surface area contributed by atoms with E-state index in [9.17, 15) is 8.78 Å². The third kappa shape index (κ3) is 12.1. The Hall–Kier alpha value is -0.480. The second-order valence-electron chi connectivity index (χ2n) is 4.10. The van der Waals surface area contributed by atoms with Crippen molar-refractivity contribution < 1.29 is 8.78 Å². The van der Waals surface area contributed by atoms with Crippen LogP contribution in [0.4, 0.5) is 8.78 Å². The lowest BCUT2D eigenvalue weighted by Crippen LogP contribution is -2.57. The van der Waals surface area contributed by atoms with Gasteiger partial charge in [0.05, 0.1) is 12.6 Å². The maximum Gasteiger partial charge on any atom is 0.275 e. The number of rotatable bonds is 3. The second kappa shape index (κ2) is 20.5. The number of likely N-dealkylation sites (tertiary alicyclic amines) is 1. The number of nitrogens with zero attached hydrogens (tertiary/aromatic N) is 1. The highest BCUT2D eigenvalue weighted by Gasteiger charge is 2.43. The molecule has 0 amide bonds. The van der Waals surface area contributed by atoms with Gasteiger partial charge in [0.1, 0.15) is 0 Å². The van der Waals surface area contributed by atoms with E-state index in [1.54, 1.807) is 0 Å². The number of alkyl halides is 2. The molecule has 1 fully saturated rings. The summed E-state index contributed by atoms with van der Waals surface area (Å²) in [5.41, 5.74) is 5.38. The lowest BCUT2D eigenvalue weighted by molar-refractivity contribution is -0.0903. The fourth-order valence-corrected chi connectivity index (χ4v) is 2.10. The zero-order valence-electron chi connectivity index (χ0n) is 16.4. The summed E-state index contributed by atoms with van der Waals surface area (Å²) < 4.78 is 26.6. The molecule has 1 saturated heterocycles. The first-order valence-corrected chi connectivity index (χ1v) is 8.88. The zero-order chi connectivity index (χ0) is 18.8. The molecule has 1 unspecified atom stereocenters. The summed E-state index contributed by atoms with van der Waals surface area (Å²) in [6.45, 7) is 22.6. The van der Waals surface area contributed by atoms with Crippen LogP contribution in [0.2, 0.25) is 0 Å². The number of piperidine rings is 1. The molecule has 138 valence electrons. The molecule has 2 N–H and O–H groups in total. The fourth-order valence-electron chi connectivity index (χ4n) is 2.10. The van der Waals surface area contributed by atoms with Gasteiger partial charge in [-0.3, -0.25) is 4.90 Å². The first kappa shape index (κ1) is 29.5. The monoisotopic (exact) mass is 324 g/mol. The number of hydrogen-bond donors (Lipinski definition) is 1. The van der Waals surface area contributed by atoms with E-state index in [4.69, 9.17) is 5.73 Å². The summed E-state index contributed by atoms with van der Waals surface area (Å²) in [6.07, 6.45) is 2.27.